The fraction of sp³-hybridized carbons (Fsp3) is 0.579. The minimum absolute atomic E-state index is 0.102. The highest BCUT2D eigenvalue weighted by Gasteiger charge is 2.44. The number of carbonyl (C=O) groups is 5. The number of aromatic nitrogens is 1. The van der Waals surface area contributed by atoms with Crippen molar-refractivity contribution in [2.45, 2.75) is 102 Å². The lowest BCUT2D eigenvalue weighted by Crippen LogP contribution is -2.60. The number of nitrogens with one attached hydrogen (secondary N) is 3. The van der Waals surface area contributed by atoms with Gasteiger partial charge in [0.2, 0.25) is 5.60 Å². The highest BCUT2D eigenvalue weighted by molar-refractivity contribution is 6.44. The van der Waals surface area contributed by atoms with Gasteiger partial charge in [0.15, 0.2) is 6.10 Å². The quantitative estimate of drug-likeness (QED) is 0.146. The molecule has 55 heavy (non-hydrogen) atoms. The summed E-state index contributed by atoms with van der Waals surface area (Å²) < 4.78 is 27.9. The Morgan fingerprint density at radius 2 is 1.80 bits per heavy atom. The topological polar surface area (TPSA) is 184 Å². The van der Waals surface area contributed by atoms with E-state index < -0.39 is 76.0 Å². The number of hydrogen-bond donors (Lipinski definition) is 3. The second-order valence-electron chi connectivity index (χ2n) is 14.8. The molecule has 0 saturated carbocycles. The molecule has 15 nitrogen and oxygen atoms in total. The number of carbonyl (C=O) groups excluding carboxylic acids is 5. The Bertz CT molecular complexity index is 1730. The van der Waals surface area contributed by atoms with Gasteiger partial charge in [0.25, 0.3) is 11.8 Å². The van der Waals surface area contributed by atoms with Crippen LogP contribution in [0.4, 0.5) is 4.79 Å². The molecule has 5 atom stereocenters. The maximum Gasteiger partial charge on any atom is 0.408 e. The highest BCUT2D eigenvalue weighted by Crippen LogP contribution is 2.26. The molecule has 0 bridgehead atoms. The maximum absolute atomic E-state index is 13.9. The Balaban J connectivity index is 1.44. The normalized spacial score (nSPS) is 20.9. The third kappa shape index (κ3) is 12.5. The van der Waals surface area contributed by atoms with Crippen LogP contribution in [0.15, 0.2) is 36.4 Å². The number of halogens is 2. The van der Waals surface area contributed by atoms with Crippen molar-refractivity contribution in [1.29, 1.82) is 0 Å². The van der Waals surface area contributed by atoms with Crippen LogP contribution in [0, 0.1) is 5.92 Å². The number of hydrazine groups is 1. The zero-order chi connectivity index (χ0) is 40.5. The first-order chi connectivity index (χ1) is 25.9. The van der Waals surface area contributed by atoms with E-state index in [9.17, 15) is 24.0 Å². The van der Waals surface area contributed by atoms with Crippen LogP contribution in [0.5, 0.6) is 0 Å². The van der Waals surface area contributed by atoms with Crippen LogP contribution in [-0.2, 0) is 42.9 Å². The molecular weight excluding hydrogens is 757 g/mol. The number of esters is 2. The molecule has 3 unspecified atom stereocenters. The van der Waals surface area contributed by atoms with Crippen LogP contribution in [0.25, 0.3) is 17.0 Å². The lowest BCUT2D eigenvalue weighted by molar-refractivity contribution is -0.195. The number of rotatable bonds is 13. The summed E-state index contributed by atoms with van der Waals surface area (Å²) in [5.74, 6) is -3.11. The van der Waals surface area contributed by atoms with Crippen molar-refractivity contribution in [3.63, 3.8) is 0 Å². The first-order valence-corrected chi connectivity index (χ1v) is 19.1. The molecule has 2 aromatic rings. The molecular formula is C38H51Cl2N5O10. The molecule has 2 saturated heterocycles. The molecule has 3 heterocycles. The van der Waals surface area contributed by atoms with Gasteiger partial charge < -0.3 is 34.3 Å². The van der Waals surface area contributed by atoms with Gasteiger partial charge in [-0.2, -0.15) is 0 Å². The number of alkyl halides is 2. The van der Waals surface area contributed by atoms with E-state index in [0.29, 0.717) is 36.2 Å². The van der Waals surface area contributed by atoms with Gasteiger partial charge in [0.05, 0.1) is 37.1 Å². The minimum Gasteiger partial charge on any atom is -0.462 e. The van der Waals surface area contributed by atoms with Crippen molar-refractivity contribution in [3.05, 3.63) is 47.7 Å². The van der Waals surface area contributed by atoms with Crippen molar-refractivity contribution in [1.82, 2.24) is 26.1 Å². The molecule has 302 valence electrons. The fourth-order valence-electron chi connectivity index (χ4n) is 5.77. The van der Waals surface area contributed by atoms with Crippen molar-refractivity contribution in [3.8, 4) is 0 Å². The lowest BCUT2D eigenvalue weighted by Gasteiger charge is -2.35. The first-order valence-electron chi connectivity index (χ1n) is 18.2. The van der Waals surface area contributed by atoms with Crippen LogP contribution < -0.4 is 16.1 Å². The molecule has 4 rings (SSSR count). The van der Waals surface area contributed by atoms with Gasteiger partial charge in [-0.25, -0.2) is 15.0 Å². The molecule has 0 spiro atoms. The molecule has 2 fully saturated rings. The molecule has 17 heteroatoms. The predicted octanol–water partition coefficient (Wildman–Crippen LogP) is 4.53. The van der Waals surface area contributed by atoms with E-state index in [1.165, 1.54) is 18.0 Å². The summed E-state index contributed by atoms with van der Waals surface area (Å²) in [5.41, 5.74) is 2.51. The van der Waals surface area contributed by atoms with Crippen LogP contribution >= 0.6 is 23.2 Å². The molecule has 3 N–H and O–H groups in total. The number of hydrogen-bond acceptors (Lipinski definition) is 12. The second kappa shape index (κ2) is 19.2. The van der Waals surface area contributed by atoms with E-state index >= 15 is 0 Å². The third-order valence-corrected chi connectivity index (χ3v) is 8.88. The summed E-state index contributed by atoms with van der Waals surface area (Å²) in [5, 5.41) is 7.56. The lowest BCUT2D eigenvalue weighted by atomic mass is 10.0. The number of nitrogens with zero attached hydrogens (tertiary/aromatic N) is 2. The standard InChI is InChI=1S/C38H51Cl2N5O10/c1-22(2)31(32(46)41-24(4)33(47)45-16-8-9-28(44-45)34(48)52-20-30(39)40)54-35(49)38(21-51-17-18-53-38)15-14-25-10-11-26-12-13-27(43-29(26)19-25)23(3)42-36(50)55-37(5,6)7/h10-15,19,22-24,28,30-31,44H,8-9,16-18,20-21H2,1-7H3,(H,41,46)(H,42,50)/b15-14+/t23-,24?,28?,31+,38?/m1/s1. The minimum atomic E-state index is -1.67. The molecule has 0 radical (unpaired) electrons. The molecule has 3 amide bonds. The van der Waals surface area contributed by atoms with Gasteiger partial charge in [0.1, 0.15) is 29.1 Å². The van der Waals surface area contributed by atoms with Gasteiger partial charge in [-0.05, 0) is 77.2 Å². The predicted molar refractivity (Wildman–Crippen MR) is 205 cm³/mol. The smallest absolute Gasteiger partial charge is 0.408 e. The third-order valence-electron chi connectivity index (χ3n) is 8.62. The Morgan fingerprint density at radius 3 is 2.45 bits per heavy atom. The SMILES string of the molecule is CC(NC(=O)[C@@H](OC(=O)C1(/C=C/c2ccc3ccc([C@@H](C)NC(=O)OC(C)(C)C)nc3c2)COCCO1)C(C)C)C(=O)N1CCCC(C(=O)OCC(Cl)Cl)N1. The number of benzene rings is 1. The molecule has 1 aromatic carbocycles. The van der Waals surface area contributed by atoms with E-state index in [2.05, 4.69) is 16.1 Å². The summed E-state index contributed by atoms with van der Waals surface area (Å²) in [6.45, 7) is 12.4. The Hall–Kier alpha value is -4.02. The zero-order valence-corrected chi connectivity index (χ0v) is 33.7. The maximum atomic E-state index is 13.9. The van der Waals surface area contributed by atoms with Crippen LogP contribution in [0.1, 0.15) is 78.6 Å². The molecule has 2 aliphatic heterocycles. The van der Waals surface area contributed by atoms with Crippen LogP contribution in [0.2, 0.25) is 0 Å². The Labute approximate surface area is 331 Å². The monoisotopic (exact) mass is 807 g/mol. The van der Waals surface area contributed by atoms with Gasteiger partial charge >= 0.3 is 18.0 Å². The summed E-state index contributed by atoms with van der Waals surface area (Å²) in [6.07, 6.45) is 2.34. The van der Waals surface area contributed by atoms with Gasteiger partial charge in [-0.15, -0.1) is 23.2 Å². The average Bonchev–Trinajstić information content (AvgIpc) is 3.13. The van der Waals surface area contributed by atoms with Crippen molar-refractivity contribution in [2.75, 3.05) is 33.0 Å². The van der Waals surface area contributed by atoms with Gasteiger partial charge in [-0.3, -0.25) is 24.4 Å². The van der Waals surface area contributed by atoms with E-state index in [1.807, 2.05) is 37.3 Å². The van der Waals surface area contributed by atoms with Crippen molar-refractivity contribution >= 4 is 70.0 Å². The Morgan fingerprint density at radius 1 is 1.07 bits per heavy atom. The number of alkyl carbamates (subject to hydrolysis) is 1. The summed E-state index contributed by atoms with van der Waals surface area (Å²) in [4.78, 5) is 69.3. The van der Waals surface area contributed by atoms with E-state index in [4.69, 9.17) is 51.9 Å². The number of amides is 3. The summed E-state index contributed by atoms with van der Waals surface area (Å²) >= 11 is 11.3. The summed E-state index contributed by atoms with van der Waals surface area (Å²) in [7, 11) is 0. The summed E-state index contributed by atoms with van der Waals surface area (Å²) in [6, 6.07) is 7.04. The molecule has 0 aliphatic carbocycles. The van der Waals surface area contributed by atoms with Gasteiger partial charge in [-0.1, -0.05) is 38.1 Å². The number of pyridine rings is 1. The van der Waals surface area contributed by atoms with Gasteiger partial charge in [0, 0.05) is 11.9 Å². The van der Waals surface area contributed by atoms with Crippen molar-refractivity contribution in [2.24, 2.45) is 5.92 Å². The highest BCUT2D eigenvalue weighted by atomic mass is 35.5. The number of fused-ring (bicyclic) bond motifs is 1. The van der Waals surface area contributed by atoms with E-state index in [-0.39, 0.29) is 26.4 Å². The van der Waals surface area contributed by atoms with Crippen molar-refractivity contribution < 1.29 is 47.7 Å². The largest absolute Gasteiger partial charge is 0.462 e. The average molecular weight is 809 g/mol. The first kappa shape index (κ1) is 43.7. The Kier molecular flexibility index (Phi) is 15.3. The number of ether oxygens (including phenoxy) is 5. The van der Waals surface area contributed by atoms with E-state index in [1.54, 1.807) is 40.7 Å². The van der Waals surface area contributed by atoms with Crippen LogP contribution in [0.3, 0.4) is 0 Å². The zero-order valence-electron chi connectivity index (χ0n) is 32.2. The fourth-order valence-corrected chi connectivity index (χ4v) is 5.90. The van der Waals surface area contributed by atoms with Crippen LogP contribution in [-0.4, -0.2) is 107 Å². The second-order valence-corrected chi connectivity index (χ2v) is 16.1. The van der Waals surface area contributed by atoms with E-state index in [0.717, 1.165) is 5.39 Å². The molecule has 2 aliphatic rings. The molecule has 1 aromatic heterocycles.